The second kappa shape index (κ2) is 12.9. The lowest BCUT2D eigenvalue weighted by molar-refractivity contribution is 0.0968. The number of aliphatic hydroxyl groups is 1. The van der Waals surface area contributed by atoms with E-state index in [4.69, 9.17) is 14.6 Å². The first-order chi connectivity index (χ1) is 7.85. The van der Waals surface area contributed by atoms with E-state index in [0.717, 1.165) is 33.0 Å². The summed E-state index contributed by atoms with van der Waals surface area (Å²) in [6.45, 7) is 8.62. The Kier molecular flexibility index (Phi) is 12.8. The van der Waals surface area contributed by atoms with Crippen molar-refractivity contribution < 1.29 is 19.3 Å². The van der Waals surface area contributed by atoms with Crippen molar-refractivity contribution in [2.45, 2.75) is 39.2 Å². The van der Waals surface area contributed by atoms with Gasteiger partial charge in [0, 0.05) is 26.4 Å². The van der Waals surface area contributed by atoms with Crippen LogP contribution >= 0.6 is 0 Å². The van der Waals surface area contributed by atoms with E-state index in [0.29, 0.717) is 0 Å². The van der Waals surface area contributed by atoms with E-state index in [1.54, 1.807) is 0 Å². The van der Waals surface area contributed by atoms with Gasteiger partial charge in [-0.25, -0.2) is 0 Å². The van der Waals surface area contributed by atoms with E-state index in [-0.39, 0.29) is 12.7 Å². The molecule has 1 unspecified atom stereocenters. The predicted molar refractivity (Wildman–Crippen MR) is 63.7 cm³/mol. The Hall–Kier alpha value is -0.160. The third-order valence-corrected chi connectivity index (χ3v) is 2.09. The van der Waals surface area contributed by atoms with Crippen LogP contribution in [0.5, 0.6) is 0 Å². The summed E-state index contributed by atoms with van der Waals surface area (Å²) in [4.78, 5) is 0. The zero-order chi connectivity index (χ0) is 12.1. The van der Waals surface area contributed by atoms with Crippen molar-refractivity contribution in [1.29, 1.82) is 0 Å². The van der Waals surface area contributed by atoms with Gasteiger partial charge in [-0.05, 0) is 33.1 Å². The van der Waals surface area contributed by atoms with Crippen molar-refractivity contribution in [3.05, 3.63) is 0 Å². The van der Waals surface area contributed by atoms with Crippen molar-refractivity contribution in [3.63, 3.8) is 0 Å². The lowest BCUT2D eigenvalue weighted by atomic mass is 10.2. The molecule has 0 bridgehead atoms. The van der Waals surface area contributed by atoms with Crippen molar-refractivity contribution in [2.24, 2.45) is 0 Å². The van der Waals surface area contributed by atoms with Crippen LogP contribution in [0.15, 0.2) is 0 Å². The summed E-state index contributed by atoms with van der Waals surface area (Å²) in [5.74, 6) is 0. The van der Waals surface area contributed by atoms with E-state index >= 15 is 0 Å². The van der Waals surface area contributed by atoms with Crippen molar-refractivity contribution in [2.75, 3.05) is 39.6 Å². The molecule has 0 spiro atoms. The zero-order valence-corrected chi connectivity index (χ0v) is 10.6. The molecular formula is C12H26O4. The molecule has 2 rings (SSSR count). The number of hydrogen-bond acceptors (Lipinski definition) is 4. The number of ether oxygens (including phenoxy) is 3. The molecule has 2 fully saturated rings. The molecule has 2 heterocycles. The number of epoxide rings is 1. The van der Waals surface area contributed by atoms with E-state index in [9.17, 15) is 0 Å². The molecule has 0 aliphatic carbocycles. The molecule has 2 aliphatic heterocycles. The van der Waals surface area contributed by atoms with Gasteiger partial charge in [0.2, 0.25) is 0 Å². The van der Waals surface area contributed by atoms with Crippen LogP contribution < -0.4 is 0 Å². The van der Waals surface area contributed by atoms with Crippen LogP contribution in [0.1, 0.15) is 33.1 Å². The van der Waals surface area contributed by atoms with Crippen molar-refractivity contribution >= 4 is 0 Å². The van der Waals surface area contributed by atoms with Gasteiger partial charge in [-0.2, -0.15) is 0 Å². The van der Waals surface area contributed by atoms with Crippen LogP contribution in [0.3, 0.4) is 0 Å². The van der Waals surface area contributed by atoms with Gasteiger partial charge in [0.05, 0.1) is 13.2 Å². The Labute approximate surface area is 98.9 Å². The van der Waals surface area contributed by atoms with Crippen LogP contribution in [-0.4, -0.2) is 50.9 Å². The van der Waals surface area contributed by atoms with Gasteiger partial charge >= 0.3 is 0 Å². The average Bonchev–Trinajstić information content (AvgIpc) is 3.18. The second-order valence-electron chi connectivity index (χ2n) is 3.59. The first kappa shape index (κ1) is 15.8. The van der Waals surface area contributed by atoms with E-state index in [2.05, 4.69) is 4.74 Å². The highest BCUT2D eigenvalue weighted by Gasteiger charge is 2.19. The Balaban J connectivity index is 0.000000213. The van der Waals surface area contributed by atoms with Gasteiger partial charge in [0.25, 0.3) is 0 Å². The topological polar surface area (TPSA) is 51.2 Å². The third-order valence-electron chi connectivity index (χ3n) is 2.09. The van der Waals surface area contributed by atoms with Gasteiger partial charge in [-0.3, -0.25) is 0 Å². The van der Waals surface area contributed by atoms with Gasteiger partial charge in [0.1, 0.15) is 6.10 Å². The molecule has 1 N–H and O–H groups in total. The fourth-order valence-corrected chi connectivity index (χ4v) is 1.06. The average molecular weight is 234 g/mol. The van der Waals surface area contributed by atoms with Gasteiger partial charge in [-0.1, -0.05) is 0 Å². The van der Waals surface area contributed by atoms with Crippen LogP contribution in [0.4, 0.5) is 0 Å². The normalized spacial score (nSPS) is 22.3. The first-order valence-electron chi connectivity index (χ1n) is 6.23. The molecule has 0 saturated carbocycles. The van der Waals surface area contributed by atoms with Crippen molar-refractivity contribution in [3.8, 4) is 0 Å². The minimum atomic E-state index is 0.190. The number of rotatable bonds is 3. The third kappa shape index (κ3) is 13.8. The monoisotopic (exact) mass is 234 g/mol. The Morgan fingerprint density at radius 1 is 1.12 bits per heavy atom. The molecule has 98 valence electrons. The lowest BCUT2D eigenvalue weighted by Gasteiger charge is -2.08. The Bertz CT molecular complexity index is 109. The largest absolute Gasteiger partial charge is 0.394 e. The summed E-state index contributed by atoms with van der Waals surface area (Å²) < 4.78 is 14.5. The molecule has 0 aromatic carbocycles. The van der Waals surface area contributed by atoms with Crippen LogP contribution in [0.25, 0.3) is 0 Å². The summed E-state index contributed by atoms with van der Waals surface area (Å²) in [5, 5.41) is 8.08. The maximum Gasteiger partial charge on any atom is 0.104 e. The molecule has 4 nitrogen and oxygen atoms in total. The van der Waals surface area contributed by atoms with Crippen molar-refractivity contribution in [1.82, 2.24) is 0 Å². The molecular weight excluding hydrogens is 208 g/mol. The van der Waals surface area contributed by atoms with Gasteiger partial charge in [-0.15, -0.1) is 0 Å². The minimum Gasteiger partial charge on any atom is -0.394 e. The highest BCUT2D eigenvalue weighted by Crippen LogP contribution is 2.05. The van der Waals surface area contributed by atoms with Crippen LogP contribution in [0, 0.1) is 0 Å². The molecule has 0 aromatic rings. The number of aliphatic hydroxyl groups excluding tert-OH is 1. The number of hydrogen-bond donors (Lipinski definition) is 1. The first-order valence-corrected chi connectivity index (χ1v) is 6.23. The lowest BCUT2D eigenvalue weighted by Crippen LogP contribution is -2.03. The molecule has 0 radical (unpaired) electrons. The summed E-state index contributed by atoms with van der Waals surface area (Å²) in [6, 6.07) is 0. The smallest absolute Gasteiger partial charge is 0.104 e. The Morgan fingerprint density at radius 3 is 1.75 bits per heavy atom. The minimum absolute atomic E-state index is 0.190. The SMILES string of the molecule is C1CCOCC1.CCOCC.OCC1CO1. The summed E-state index contributed by atoms with van der Waals surface area (Å²) >= 11 is 0. The summed E-state index contributed by atoms with van der Waals surface area (Å²) in [7, 11) is 0. The quantitative estimate of drug-likeness (QED) is 0.754. The highest BCUT2D eigenvalue weighted by molar-refractivity contribution is 4.65. The Morgan fingerprint density at radius 2 is 1.69 bits per heavy atom. The van der Waals surface area contributed by atoms with Crippen LogP contribution in [-0.2, 0) is 14.2 Å². The van der Waals surface area contributed by atoms with E-state index < -0.39 is 0 Å². The van der Waals surface area contributed by atoms with Gasteiger partial charge in [0.15, 0.2) is 0 Å². The molecule has 2 aliphatic rings. The van der Waals surface area contributed by atoms with E-state index in [1.165, 1.54) is 19.3 Å². The maximum atomic E-state index is 8.08. The van der Waals surface area contributed by atoms with Gasteiger partial charge < -0.3 is 19.3 Å². The zero-order valence-electron chi connectivity index (χ0n) is 10.6. The van der Waals surface area contributed by atoms with Crippen LogP contribution in [0.2, 0.25) is 0 Å². The molecule has 0 amide bonds. The molecule has 16 heavy (non-hydrogen) atoms. The molecule has 0 aromatic heterocycles. The molecule has 1 atom stereocenters. The fraction of sp³-hybridized carbons (Fsp3) is 1.00. The summed E-state index contributed by atoms with van der Waals surface area (Å²) in [6.07, 6.45) is 4.12. The maximum absolute atomic E-state index is 8.08. The molecule has 4 heteroatoms. The summed E-state index contributed by atoms with van der Waals surface area (Å²) in [5.41, 5.74) is 0. The highest BCUT2D eigenvalue weighted by atomic mass is 16.6. The fourth-order valence-electron chi connectivity index (χ4n) is 1.06. The second-order valence-corrected chi connectivity index (χ2v) is 3.59. The predicted octanol–water partition coefficient (Wildman–Crippen LogP) is 1.61. The molecule has 2 saturated heterocycles. The standard InChI is InChI=1S/C5H10O.C4H10O.C3H6O2/c1-2-4-6-5-3-1;1-3-5-4-2;4-1-3-2-5-3/h1-5H2;3-4H2,1-2H3;3-4H,1-2H2. The van der Waals surface area contributed by atoms with E-state index in [1.807, 2.05) is 13.8 Å².